The first kappa shape index (κ1) is 12.2. The fourth-order valence-electron chi connectivity index (χ4n) is 1.87. The average molecular weight is 275 g/mol. The summed E-state index contributed by atoms with van der Waals surface area (Å²) in [7, 11) is 0. The lowest BCUT2D eigenvalue weighted by atomic mass is 10.1. The van der Waals surface area contributed by atoms with Gasteiger partial charge >= 0.3 is 5.97 Å². The molecule has 2 aromatic heterocycles. The number of carbonyl (C=O) groups excluding carboxylic acids is 1. The SMILES string of the molecule is CCOC(=O)c1cnc(-c2cncs2)nc1C1CC1. The summed E-state index contributed by atoms with van der Waals surface area (Å²) in [6.45, 7) is 2.15. The Morgan fingerprint density at radius 2 is 2.32 bits per heavy atom. The number of ether oxygens (including phenoxy) is 1. The molecule has 0 N–H and O–H groups in total. The van der Waals surface area contributed by atoms with Crippen LogP contribution in [0.3, 0.4) is 0 Å². The fourth-order valence-corrected chi connectivity index (χ4v) is 2.43. The molecule has 0 saturated heterocycles. The Labute approximate surface area is 114 Å². The maximum atomic E-state index is 11.9. The Morgan fingerprint density at radius 3 is 2.95 bits per heavy atom. The van der Waals surface area contributed by atoms with Crippen molar-refractivity contribution in [1.82, 2.24) is 15.0 Å². The van der Waals surface area contributed by atoms with E-state index in [0.29, 0.717) is 23.9 Å². The maximum Gasteiger partial charge on any atom is 0.341 e. The van der Waals surface area contributed by atoms with Crippen LogP contribution in [0, 0.1) is 0 Å². The number of nitrogens with zero attached hydrogens (tertiary/aromatic N) is 3. The van der Waals surface area contributed by atoms with Crippen molar-refractivity contribution < 1.29 is 9.53 Å². The Morgan fingerprint density at radius 1 is 1.47 bits per heavy atom. The molecular weight excluding hydrogens is 262 g/mol. The largest absolute Gasteiger partial charge is 0.462 e. The Balaban J connectivity index is 2.00. The standard InChI is InChI=1S/C13H13N3O2S/c1-2-18-13(17)9-5-15-12(10-6-14-7-19-10)16-11(9)8-3-4-8/h5-8H,2-4H2,1H3. The van der Waals surface area contributed by atoms with Crippen molar-refractivity contribution in [2.24, 2.45) is 0 Å². The predicted octanol–water partition coefficient (Wildman–Crippen LogP) is 2.65. The van der Waals surface area contributed by atoms with E-state index in [2.05, 4.69) is 15.0 Å². The normalized spacial score (nSPS) is 14.4. The third-order valence-electron chi connectivity index (χ3n) is 2.93. The number of thiazole rings is 1. The van der Waals surface area contributed by atoms with Crippen LogP contribution in [0.5, 0.6) is 0 Å². The van der Waals surface area contributed by atoms with E-state index in [4.69, 9.17) is 4.74 Å². The van der Waals surface area contributed by atoms with E-state index >= 15 is 0 Å². The summed E-state index contributed by atoms with van der Waals surface area (Å²) in [5, 5.41) is 0. The summed E-state index contributed by atoms with van der Waals surface area (Å²) in [6.07, 6.45) is 5.46. The molecule has 0 unspecified atom stereocenters. The molecule has 1 aliphatic carbocycles. The number of carbonyl (C=O) groups is 1. The maximum absolute atomic E-state index is 11.9. The second-order valence-electron chi connectivity index (χ2n) is 4.35. The molecule has 5 nitrogen and oxygen atoms in total. The van der Waals surface area contributed by atoms with Gasteiger partial charge in [0.15, 0.2) is 5.82 Å². The minimum Gasteiger partial charge on any atom is -0.462 e. The number of aromatic nitrogens is 3. The van der Waals surface area contributed by atoms with Gasteiger partial charge in [-0.2, -0.15) is 0 Å². The second-order valence-corrected chi connectivity index (χ2v) is 5.24. The topological polar surface area (TPSA) is 65.0 Å². The van der Waals surface area contributed by atoms with Crippen LogP contribution in [-0.2, 0) is 4.74 Å². The minimum absolute atomic E-state index is 0.333. The van der Waals surface area contributed by atoms with Gasteiger partial charge in [0.2, 0.25) is 0 Å². The molecule has 0 atom stereocenters. The second kappa shape index (κ2) is 5.05. The highest BCUT2D eigenvalue weighted by Gasteiger charge is 2.31. The van der Waals surface area contributed by atoms with Crippen LogP contribution in [0.25, 0.3) is 10.7 Å². The van der Waals surface area contributed by atoms with Crippen molar-refractivity contribution in [2.75, 3.05) is 6.61 Å². The van der Waals surface area contributed by atoms with Crippen molar-refractivity contribution in [1.29, 1.82) is 0 Å². The lowest BCUT2D eigenvalue weighted by molar-refractivity contribution is 0.0524. The summed E-state index contributed by atoms with van der Waals surface area (Å²) in [4.78, 5) is 25.6. The van der Waals surface area contributed by atoms with E-state index in [0.717, 1.165) is 23.4 Å². The van der Waals surface area contributed by atoms with Gasteiger partial charge < -0.3 is 4.74 Å². The fraction of sp³-hybridized carbons (Fsp3) is 0.385. The van der Waals surface area contributed by atoms with Crippen molar-refractivity contribution in [3.8, 4) is 10.7 Å². The van der Waals surface area contributed by atoms with Gasteiger partial charge in [-0.1, -0.05) is 0 Å². The highest BCUT2D eigenvalue weighted by molar-refractivity contribution is 7.13. The molecule has 1 fully saturated rings. The zero-order chi connectivity index (χ0) is 13.2. The van der Waals surface area contributed by atoms with Gasteiger partial charge in [-0.25, -0.2) is 14.8 Å². The molecule has 0 bridgehead atoms. The molecule has 98 valence electrons. The Kier molecular flexibility index (Phi) is 3.25. The number of hydrogen-bond acceptors (Lipinski definition) is 6. The summed E-state index contributed by atoms with van der Waals surface area (Å²) in [5.74, 6) is 0.673. The van der Waals surface area contributed by atoms with Crippen LogP contribution < -0.4 is 0 Å². The Bertz CT molecular complexity index is 594. The molecule has 3 rings (SSSR count). The first-order valence-corrected chi connectivity index (χ1v) is 7.10. The minimum atomic E-state index is -0.333. The number of esters is 1. The van der Waals surface area contributed by atoms with Gasteiger partial charge in [0.1, 0.15) is 0 Å². The molecule has 0 aromatic carbocycles. The molecule has 0 aliphatic heterocycles. The first-order chi connectivity index (χ1) is 9.29. The van der Waals surface area contributed by atoms with Gasteiger partial charge in [-0.3, -0.25) is 4.98 Å². The van der Waals surface area contributed by atoms with E-state index in [1.807, 2.05) is 0 Å². The zero-order valence-electron chi connectivity index (χ0n) is 10.5. The molecule has 2 heterocycles. The molecule has 2 aromatic rings. The van der Waals surface area contributed by atoms with Crippen LogP contribution in [0.15, 0.2) is 17.9 Å². The molecule has 19 heavy (non-hydrogen) atoms. The van der Waals surface area contributed by atoms with Crippen LogP contribution in [-0.4, -0.2) is 27.5 Å². The zero-order valence-corrected chi connectivity index (χ0v) is 11.3. The van der Waals surface area contributed by atoms with Gasteiger partial charge in [-0.15, -0.1) is 11.3 Å². The van der Waals surface area contributed by atoms with Gasteiger partial charge in [-0.05, 0) is 19.8 Å². The molecule has 1 aliphatic rings. The van der Waals surface area contributed by atoms with E-state index in [1.165, 1.54) is 11.3 Å². The Hall–Kier alpha value is -1.82. The molecule has 6 heteroatoms. The first-order valence-electron chi connectivity index (χ1n) is 6.22. The highest BCUT2D eigenvalue weighted by Crippen LogP contribution is 2.41. The molecular formula is C13H13N3O2S. The van der Waals surface area contributed by atoms with Crippen LogP contribution in [0.1, 0.15) is 41.7 Å². The van der Waals surface area contributed by atoms with E-state index in [1.54, 1.807) is 24.8 Å². The molecule has 1 saturated carbocycles. The van der Waals surface area contributed by atoms with Gasteiger partial charge in [0, 0.05) is 18.3 Å². The van der Waals surface area contributed by atoms with Crippen molar-refractivity contribution >= 4 is 17.3 Å². The van der Waals surface area contributed by atoms with Crippen LogP contribution in [0.4, 0.5) is 0 Å². The number of hydrogen-bond donors (Lipinski definition) is 0. The lowest BCUT2D eigenvalue weighted by Gasteiger charge is -2.07. The smallest absolute Gasteiger partial charge is 0.341 e. The summed E-state index contributed by atoms with van der Waals surface area (Å²) < 4.78 is 5.05. The molecule has 0 spiro atoms. The predicted molar refractivity (Wildman–Crippen MR) is 71.1 cm³/mol. The summed E-state index contributed by atoms with van der Waals surface area (Å²) in [5.41, 5.74) is 3.06. The molecule has 0 amide bonds. The summed E-state index contributed by atoms with van der Waals surface area (Å²) in [6, 6.07) is 0. The van der Waals surface area contributed by atoms with Gasteiger partial charge in [0.05, 0.1) is 28.3 Å². The van der Waals surface area contributed by atoms with E-state index in [-0.39, 0.29) is 5.97 Å². The highest BCUT2D eigenvalue weighted by atomic mass is 32.1. The third kappa shape index (κ3) is 2.49. The van der Waals surface area contributed by atoms with E-state index in [9.17, 15) is 4.79 Å². The summed E-state index contributed by atoms with van der Waals surface area (Å²) >= 11 is 1.49. The third-order valence-corrected chi connectivity index (χ3v) is 3.70. The van der Waals surface area contributed by atoms with Gasteiger partial charge in [0.25, 0.3) is 0 Å². The van der Waals surface area contributed by atoms with Crippen molar-refractivity contribution in [3.05, 3.63) is 29.2 Å². The quantitative estimate of drug-likeness (QED) is 0.803. The average Bonchev–Trinajstić information content (AvgIpc) is 3.13. The van der Waals surface area contributed by atoms with Crippen LogP contribution >= 0.6 is 11.3 Å². The monoisotopic (exact) mass is 275 g/mol. The van der Waals surface area contributed by atoms with Crippen LogP contribution in [0.2, 0.25) is 0 Å². The molecule has 0 radical (unpaired) electrons. The van der Waals surface area contributed by atoms with Crippen molar-refractivity contribution in [2.45, 2.75) is 25.7 Å². The van der Waals surface area contributed by atoms with Crippen molar-refractivity contribution in [3.63, 3.8) is 0 Å². The van der Waals surface area contributed by atoms with E-state index < -0.39 is 0 Å². The number of rotatable bonds is 4. The lowest BCUT2D eigenvalue weighted by Crippen LogP contribution is -2.10.